The highest BCUT2D eigenvalue weighted by atomic mass is 16.4. The monoisotopic (exact) mass is 236 g/mol. The number of pyridine rings is 1. The maximum atomic E-state index is 11.6. The summed E-state index contributed by atoms with van der Waals surface area (Å²) in [6, 6.07) is 3.37. The fraction of sp³-hybridized carbons (Fsp3) is 0.417. The first-order valence-electron chi connectivity index (χ1n) is 5.52. The number of carboxylic acids is 1. The molecule has 5 nitrogen and oxygen atoms in total. The topological polar surface area (TPSA) is 79.3 Å². The van der Waals surface area contributed by atoms with Gasteiger partial charge in [-0.3, -0.25) is 14.6 Å². The second-order valence-electron chi connectivity index (χ2n) is 3.79. The Kier molecular flexibility index (Phi) is 5.13. The molecule has 0 bridgehead atoms. The molecular formula is C12H16N2O3. The summed E-state index contributed by atoms with van der Waals surface area (Å²) >= 11 is 0. The fourth-order valence-electron chi connectivity index (χ4n) is 1.39. The van der Waals surface area contributed by atoms with Crippen LogP contribution in [0.4, 0.5) is 0 Å². The average Bonchev–Trinajstić information content (AvgIpc) is 2.28. The lowest BCUT2D eigenvalue weighted by molar-refractivity contribution is -0.137. The number of aromatic nitrogens is 1. The largest absolute Gasteiger partial charge is 0.481 e. The second-order valence-corrected chi connectivity index (χ2v) is 3.79. The van der Waals surface area contributed by atoms with Crippen LogP contribution in [0.15, 0.2) is 18.3 Å². The smallest absolute Gasteiger partial charge is 0.303 e. The van der Waals surface area contributed by atoms with Crippen LogP contribution in [0.2, 0.25) is 0 Å². The van der Waals surface area contributed by atoms with Gasteiger partial charge in [0, 0.05) is 30.4 Å². The van der Waals surface area contributed by atoms with Crippen LogP contribution < -0.4 is 5.32 Å². The van der Waals surface area contributed by atoms with Crippen molar-refractivity contribution < 1.29 is 14.7 Å². The first-order chi connectivity index (χ1) is 8.09. The molecule has 92 valence electrons. The lowest BCUT2D eigenvalue weighted by Crippen LogP contribution is -2.24. The normalized spacial score (nSPS) is 9.94. The molecule has 1 heterocycles. The summed E-state index contributed by atoms with van der Waals surface area (Å²) in [4.78, 5) is 25.9. The third-order valence-electron chi connectivity index (χ3n) is 2.26. The number of unbranched alkanes of at least 4 members (excludes halogenated alkanes) is 1. The minimum Gasteiger partial charge on any atom is -0.481 e. The number of nitrogens with zero attached hydrogens (tertiary/aromatic N) is 1. The Balaban J connectivity index is 2.28. The van der Waals surface area contributed by atoms with E-state index in [2.05, 4.69) is 10.3 Å². The molecule has 0 spiro atoms. The minimum absolute atomic E-state index is 0.143. The van der Waals surface area contributed by atoms with Crippen LogP contribution in [0.1, 0.15) is 35.3 Å². The number of carbonyl (C=O) groups is 2. The molecule has 1 aromatic heterocycles. The van der Waals surface area contributed by atoms with Gasteiger partial charge in [-0.1, -0.05) is 0 Å². The van der Waals surface area contributed by atoms with Crippen molar-refractivity contribution in [2.24, 2.45) is 0 Å². The maximum Gasteiger partial charge on any atom is 0.303 e. The number of aliphatic carboxylic acids is 1. The number of carboxylic acid groups (broad SMARTS) is 1. The first-order valence-corrected chi connectivity index (χ1v) is 5.52. The van der Waals surface area contributed by atoms with Crippen LogP contribution in [0, 0.1) is 6.92 Å². The number of hydrogen-bond acceptors (Lipinski definition) is 3. The van der Waals surface area contributed by atoms with Gasteiger partial charge >= 0.3 is 5.97 Å². The number of hydrogen-bond donors (Lipinski definition) is 2. The van der Waals surface area contributed by atoms with E-state index in [0.717, 1.165) is 5.69 Å². The van der Waals surface area contributed by atoms with Crippen LogP contribution in [-0.2, 0) is 4.79 Å². The lowest BCUT2D eigenvalue weighted by atomic mass is 10.2. The van der Waals surface area contributed by atoms with Gasteiger partial charge in [0.2, 0.25) is 0 Å². The van der Waals surface area contributed by atoms with Crippen LogP contribution in [0.25, 0.3) is 0 Å². The van der Waals surface area contributed by atoms with Gasteiger partial charge in [-0.15, -0.1) is 0 Å². The molecule has 1 amide bonds. The summed E-state index contributed by atoms with van der Waals surface area (Å²) in [7, 11) is 0. The van der Waals surface area contributed by atoms with Crippen LogP contribution in [0.3, 0.4) is 0 Å². The zero-order chi connectivity index (χ0) is 12.7. The Labute approximate surface area is 99.9 Å². The van der Waals surface area contributed by atoms with E-state index in [-0.39, 0.29) is 12.3 Å². The number of aryl methyl sites for hydroxylation is 1. The molecule has 0 fully saturated rings. The summed E-state index contributed by atoms with van der Waals surface area (Å²) in [6.45, 7) is 2.32. The molecule has 0 atom stereocenters. The van der Waals surface area contributed by atoms with E-state index in [9.17, 15) is 9.59 Å². The number of rotatable bonds is 6. The van der Waals surface area contributed by atoms with E-state index in [0.29, 0.717) is 24.9 Å². The third kappa shape index (κ3) is 5.10. The van der Waals surface area contributed by atoms with E-state index in [4.69, 9.17) is 5.11 Å². The quantitative estimate of drug-likeness (QED) is 0.731. The van der Waals surface area contributed by atoms with Crippen molar-refractivity contribution in [3.8, 4) is 0 Å². The molecule has 0 saturated heterocycles. The van der Waals surface area contributed by atoms with Gasteiger partial charge in [0.05, 0.1) is 0 Å². The summed E-state index contributed by atoms with van der Waals surface area (Å²) in [5, 5.41) is 11.2. The molecule has 0 radical (unpaired) electrons. The number of amides is 1. The summed E-state index contributed by atoms with van der Waals surface area (Å²) < 4.78 is 0. The molecule has 5 heteroatoms. The van der Waals surface area contributed by atoms with Crippen molar-refractivity contribution in [3.63, 3.8) is 0 Å². The van der Waals surface area contributed by atoms with Crippen molar-refractivity contribution in [2.45, 2.75) is 26.2 Å². The predicted molar refractivity (Wildman–Crippen MR) is 62.8 cm³/mol. The average molecular weight is 236 g/mol. The van der Waals surface area contributed by atoms with Crippen LogP contribution >= 0.6 is 0 Å². The molecule has 0 aliphatic rings. The first kappa shape index (κ1) is 13.2. The van der Waals surface area contributed by atoms with E-state index in [1.807, 2.05) is 6.92 Å². The zero-order valence-corrected chi connectivity index (χ0v) is 9.77. The third-order valence-corrected chi connectivity index (χ3v) is 2.26. The van der Waals surface area contributed by atoms with Crippen LogP contribution in [0.5, 0.6) is 0 Å². The van der Waals surface area contributed by atoms with E-state index < -0.39 is 5.97 Å². The van der Waals surface area contributed by atoms with Crippen molar-refractivity contribution in [3.05, 3.63) is 29.6 Å². The fourth-order valence-corrected chi connectivity index (χ4v) is 1.39. The Morgan fingerprint density at radius 2 is 2.18 bits per heavy atom. The van der Waals surface area contributed by atoms with Gasteiger partial charge in [0.25, 0.3) is 5.91 Å². The van der Waals surface area contributed by atoms with Gasteiger partial charge in [-0.2, -0.15) is 0 Å². The maximum absolute atomic E-state index is 11.6. The van der Waals surface area contributed by atoms with Gasteiger partial charge in [0.15, 0.2) is 0 Å². The molecule has 0 unspecified atom stereocenters. The lowest BCUT2D eigenvalue weighted by Gasteiger charge is -2.04. The van der Waals surface area contributed by atoms with E-state index >= 15 is 0 Å². The molecule has 1 rings (SSSR count). The van der Waals surface area contributed by atoms with Gasteiger partial charge in [0.1, 0.15) is 0 Å². The van der Waals surface area contributed by atoms with E-state index in [1.54, 1.807) is 18.3 Å². The minimum atomic E-state index is -0.805. The molecule has 0 saturated carbocycles. The Morgan fingerprint density at radius 1 is 1.41 bits per heavy atom. The number of carbonyl (C=O) groups excluding carboxylic acids is 1. The molecule has 0 aromatic carbocycles. The highest BCUT2D eigenvalue weighted by Crippen LogP contribution is 2.01. The van der Waals surface area contributed by atoms with Gasteiger partial charge in [-0.05, 0) is 31.9 Å². The number of nitrogens with one attached hydrogen (secondary N) is 1. The molecule has 1 aromatic rings. The van der Waals surface area contributed by atoms with Crippen molar-refractivity contribution in [2.75, 3.05) is 6.54 Å². The van der Waals surface area contributed by atoms with Crippen molar-refractivity contribution >= 4 is 11.9 Å². The summed E-state index contributed by atoms with van der Waals surface area (Å²) in [5.74, 6) is -0.952. The molecule has 0 aliphatic heterocycles. The summed E-state index contributed by atoms with van der Waals surface area (Å²) in [6.07, 6.45) is 2.98. The highest BCUT2D eigenvalue weighted by Gasteiger charge is 2.04. The molecule has 0 aliphatic carbocycles. The molecule has 17 heavy (non-hydrogen) atoms. The Morgan fingerprint density at radius 3 is 2.82 bits per heavy atom. The zero-order valence-electron chi connectivity index (χ0n) is 9.77. The molecule has 2 N–H and O–H groups in total. The van der Waals surface area contributed by atoms with Crippen LogP contribution in [-0.4, -0.2) is 28.5 Å². The predicted octanol–water partition coefficient (Wildman–Crippen LogP) is 1.37. The Bertz CT molecular complexity index is 404. The second kappa shape index (κ2) is 6.62. The van der Waals surface area contributed by atoms with Gasteiger partial charge < -0.3 is 10.4 Å². The highest BCUT2D eigenvalue weighted by molar-refractivity contribution is 5.94. The summed E-state index contributed by atoms with van der Waals surface area (Å²) in [5.41, 5.74) is 1.37. The van der Waals surface area contributed by atoms with Crippen molar-refractivity contribution in [1.82, 2.24) is 10.3 Å². The molecular weight excluding hydrogens is 220 g/mol. The standard InChI is InChI=1S/C12H16N2O3/c1-9-8-10(5-7-13-9)12(17)14-6-3-2-4-11(15)16/h5,7-8H,2-4,6H2,1H3,(H,14,17)(H,15,16). The van der Waals surface area contributed by atoms with Gasteiger partial charge in [-0.25, -0.2) is 0 Å². The van der Waals surface area contributed by atoms with Crippen molar-refractivity contribution in [1.29, 1.82) is 0 Å². The SMILES string of the molecule is Cc1cc(C(=O)NCCCCC(=O)O)ccn1. The Hall–Kier alpha value is -1.91. The van der Waals surface area contributed by atoms with E-state index in [1.165, 1.54) is 0 Å².